The zero-order chi connectivity index (χ0) is 17.4. The Kier molecular flexibility index (Phi) is 17.4. The van der Waals surface area contributed by atoms with Gasteiger partial charge in [-0.1, -0.05) is 53.0 Å². The Morgan fingerprint density at radius 2 is 1.59 bits per heavy atom. The molecule has 0 radical (unpaired) electrons. The molecule has 0 aromatic carbocycles. The lowest BCUT2D eigenvalue weighted by molar-refractivity contribution is -0.121. The fraction of sp³-hybridized carbons (Fsp3) is 0.684. The van der Waals surface area contributed by atoms with Gasteiger partial charge < -0.3 is 0 Å². The Morgan fingerprint density at radius 1 is 1.05 bits per heavy atom. The van der Waals surface area contributed by atoms with Crippen molar-refractivity contribution in [3.63, 3.8) is 0 Å². The third-order valence-electron chi connectivity index (χ3n) is 3.18. The summed E-state index contributed by atoms with van der Waals surface area (Å²) in [5.41, 5.74) is 0. The molecule has 1 heterocycles. The Balaban J connectivity index is 0. The second-order valence-electron chi connectivity index (χ2n) is 4.90. The molecule has 1 saturated carbocycles. The average molecular weight is 327 g/mol. The number of carbonyl (C=O) groups is 2. The van der Waals surface area contributed by atoms with Crippen LogP contribution in [-0.4, -0.2) is 11.6 Å². The Hall–Kier alpha value is -0.960. The quantitative estimate of drug-likeness (QED) is 0.673. The van der Waals surface area contributed by atoms with Crippen LogP contribution >= 0.6 is 11.3 Å². The SMILES string of the molecule is CC.CC.CC(=O)C1CCCCC1.CC(=O)Cc1cccs1. The first-order valence-corrected chi connectivity index (χ1v) is 9.50. The molecule has 0 saturated heterocycles. The lowest BCUT2D eigenvalue weighted by atomic mass is 9.87. The van der Waals surface area contributed by atoms with Gasteiger partial charge in [-0.05, 0) is 38.1 Å². The maximum absolute atomic E-state index is 10.8. The summed E-state index contributed by atoms with van der Waals surface area (Å²) < 4.78 is 0. The summed E-state index contributed by atoms with van der Waals surface area (Å²) in [7, 11) is 0. The molecular weight excluding hydrogens is 292 g/mol. The summed E-state index contributed by atoms with van der Waals surface area (Å²) in [5.74, 6) is 1.05. The zero-order valence-corrected chi connectivity index (χ0v) is 16.1. The fourth-order valence-electron chi connectivity index (χ4n) is 2.17. The van der Waals surface area contributed by atoms with Crippen molar-refractivity contribution < 1.29 is 9.59 Å². The Bertz CT molecular complexity index is 363. The highest BCUT2D eigenvalue weighted by Gasteiger charge is 2.16. The number of hydrogen-bond donors (Lipinski definition) is 0. The van der Waals surface area contributed by atoms with Gasteiger partial charge in [0.05, 0.1) is 0 Å². The van der Waals surface area contributed by atoms with Crippen LogP contribution < -0.4 is 0 Å². The summed E-state index contributed by atoms with van der Waals surface area (Å²) in [5, 5.41) is 1.98. The van der Waals surface area contributed by atoms with Crippen molar-refractivity contribution >= 4 is 22.9 Å². The predicted molar refractivity (Wildman–Crippen MR) is 98.7 cm³/mol. The van der Waals surface area contributed by atoms with E-state index < -0.39 is 0 Å². The summed E-state index contributed by atoms with van der Waals surface area (Å²) >= 11 is 1.63. The molecule has 1 aliphatic carbocycles. The van der Waals surface area contributed by atoms with Crippen molar-refractivity contribution in [2.45, 2.75) is 80.1 Å². The molecule has 0 N–H and O–H groups in total. The predicted octanol–water partition coefficient (Wildman–Crippen LogP) is 6.09. The number of ketones is 2. The third-order valence-corrected chi connectivity index (χ3v) is 4.06. The Morgan fingerprint density at radius 3 is 1.91 bits per heavy atom. The van der Waals surface area contributed by atoms with Crippen LogP contribution in [0.5, 0.6) is 0 Å². The van der Waals surface area contributed by atoms with E-state index in [9.17, 15) is 9.59 Å². The van der Waals surface area contributed by atoms with E-state index in [1.54, 1.807) is 25.2 Å². The highest BCUT2D eigenvalue weighted by atomic mass is 32.1. The molecule has 0 bridgehead atoms. The molecule has 128 valence electrons. The van der Waals surface area contributed by atoms with Crippen LogP contribution in [0, 0.1) is 5.92 Å². The average Bonchev–Trinajstić information content (AvgIpc) is 3.05. The van der Waals surface area contributed by atoms with E-state index in [2.05, 4.69) is 0 Å². The van der Waals surface area contributed by atoms with Gasteiger partial charge >= 0.3 is 0 Å². The molecule has 3 heteroatoms. The first-order valence-electron chi connectivity index (χ1n) is 8.62. The second-order valence-corrected chi connectivity index (χ2v) is 5.94. The van der Waals surface area contributed by atoms with Crippen molar-refractivity contribution in [3.05, 3.63) is 22.4 Å². The van der Waals surface area contributed by atoms with Gasteiger partial charge in [0.1, 0.15) is 11.6 Å². The van der Waals surface area contributed by atoms with Crippen LogP contribution in [0.2, 0.25) is 0 Å². The van der Waals surface area contributed by atoms with Crippen molar-refractivity contribution in [2.75, 3.05) is 0 Å². The van der Waals surface area contributed by atoms with Gasteiger partial charge in [-0.3, -0.25) is 9.59 Å². The molecule has 1 aromatic heterocycles. The first-order chi connectivity index (χ1) is 10.6. The van der Waals surface area contributed by atoms with Crippen LogP contribution in [0.3, 0.4) is 0 Å². The summed E-state index contributed by atoms with van der Waals surface area (Å²) in [4.78, 5) is 22.5. The fourth-order valence-corrected chi connectivity index (χ4v) is 2.94. The molecule has 22 heavy (non-hydrogen) atoms. The minimum absolute atomic E-state index is 0.234. The van der Waals surface area contributed by atoms with E-state index in [1.165, 1.54) is 19.3 Å². The molecule has 0 spiro atoms. The van der Waals surface area contributed by atoms with Gasteiger partial charge in [-0.25, -0.2) is 0 Å². The topological polar surface area (TPSA) is 34.1 Å². The molecule has 1 aliphatic rings. The van der Waals surface area contributed by atoms with Gasteiger partial charge in [-0.15, -0.1) is 11.3 Å². The number of thiophene rings is 1. The van der Waals surface area contributed by atoms with Crippen LogP contribution in [0.4, 0.5) is 0 Å². The molecule has 1 aromatic rings. The van der Waals surface area contributed by atoms with E-state index in [0.29, 0.717) is 18.1 Å². The molecule has 2 rings (SSSR count). The number of carbonyl (C=O) groups excluding carboxylic acids is 2. The first kappa shape index (κ1) is 23.3. The molecule has 0 amide bonds. The minimum Gasteiger partial charge on any atom is -0.300 e. The van der Waals surface area contributed by atoms with E-state index in [-0.39, 0.29) is 5.78 Å². The largest absolute Gasteiger partial charge is 0.300 e. The summed E-state index contributed by atoms with van der Waals surface area (Å²) in [6.07, 6.45) is 6.76. The monoisotopic (exact) mass is 326 g/mol. The highest BCUT2D eigenvalue weighted by molar-refractivity contribution is 7.10. The highest BCUT2D eigenvalue weighted by Crippen LogP contribution is 2.23. The number of hydrogen-bond acceptors (Lipinski definition) is 3. The number of Topliss-reactive ketones (excluding diaryl/α,β-unsaturated/α-hetero) is 2. The molecular formula is C19H34O2S. The number of rotatable bonds is 3. The lowest BCUT2D eigenvalue weighted by Crippen LogP contribution is -2.13. The van der Waals surface area contributed by atoms with Crippen LogP contribution in [0.25, 0.3) is 0 Å². The van der Waals surface area contributed by atoms with Crippen molar-refractivity contribution in [1.29, 1.82) is 0 Å². The van der Waals surface area contributed by atoms with Crippen molar-refractivity contribution in [3.8, 4) is 0 Å². The van der Waals surface area contributed by atoms with Gasteiger partial charge in [0.15, 0.2) is 0 Å². The van der Waals surface area contributed by atoms with E-state index in [1.807, 2.05) is 45.2 Å². The lowest BCUT2D eigenvalue weighted by Gasteiger charge is -2.17. The summed E-state index contributed by atoms with van der Waals surface area (Å²) in [6.45, 7) is 11.3. The van der Waals surface area contributed by atoms with Crippen LogP contribution in [0.15, 0.2) is 17.5 Å². The van der Waals surface area contributed by atoms with Crippen LogP contribution in [-0.2, 0) is 16.0 Å². The zero-order valence-electron chi connectivity index (χ0n) is 15.3. The third kappa shape index (κ3) is 12.8. The minimum atomic E-state index is 0.234. The van der Waals surface area contributed by atoms with E-state index in [4.69, 9.17) is 0 Å². The van der Waals surface area contributed by atoms with Gasteiger partial charge in [0.2, 0.25) is 0 Å². The molecule has 0 aliphatic heterocycles. The molecule has 2 nitrogen and oxygen atoms in total. The maximum Gasteiger partial charge on any atom is 0.135 e. The van der Waals surface area contributed by atoms with Gasteiger partial charge in [0.25, 0.3) is 0 Å². The summed E-state index contributed by atoms with van der Waals surface area (Å²) in [6, 6.07) is 3.94. The van der Waals surface area contributed by atoms with Crippen molar-refractivity contribution in [1.82, 2.24) is 0 Å². The standard InChI is InChI=1S/C8H14O.C7H8OS.2C2H6/c1-7(9)8-5-3-2-4-6-8;1-6(8)5-7-3-2-4-9-7;2*1-2/h8H,2-6H2,1H3;2-4H,5H2,1H3;2*1-2H3. The van der Waals surface area contributed by atoms with E-state index >= 15 is 0 Å². The van der Waals surface area contributed by atoms with Gasteiger partial charge in [-0.2, -0.15) is 0 Å². The maximum atomic E-state index is 10.8. The molecule has 1 fully saturated rings. The second kappa shape index (κ2) is 16.4. The van der Waals surface area contributed by atoms with Crippen LogP contribution in [0.1, 0.15) is 78.5 Å². The normalized spacial score (nSPS) is 13.4. The Labute approximate surface area is 141 Å². The molecule has 0 atom stereocenters. The van der Waals surface area contributed by atoms with E-state index in [0.717, 1.165) is 17.7 Å². The van der Waals surface area contributed by atoms with Gasteiger partial charge in [0, 0.05) is 17.2 Å². The van der Waals surface area contributed by atoms with Crippen molar-refractivity contribution in [2.24, 2.45) is 5.92 Å². The molecule has 0 unspecified atom stereocenters. The smallest absolute Gasteiger partial charge is 0.135 e.